The minimum atomic E-state index is -3.74. The largest absolute Gasteiger partial charge is 0.480 e. The van der Waals surface area contributed by atoms with Gasteiger partial charge in [-0.3, -0.25) is 4.79 Å². The number of hydrogen-bond donors (Lipinski definition) is 2. The number of carbonyl (C=O) groups is 1. The van der Waals surface area contributed by atoms with Gasteiger partial charge < -0.3 is 9.52 Å². The lowest BCUT2D eigenvalue weighted by Crippen LogP contribution is -2.48. The molecule has 2 aromatic rings. The Balaban J connectivity index is 1.85. The summed E-state index contributed by atoms with van der Waals surface area (Å²) in [7, 11) is -3.74. The lowest BCUT2D eigenvalue weighted by atomic mass is 9.95. The Morgan fingerprint density at radius 1 is 1.33 bits per heavy atom. The second-order valence-corrected chi connectivity index (χ2v) is 8.58. The van der Waals surface area contributed by atoms with Crippen molar-refractivity contribution in [2.75, 3.05) is 0 Å². The van der Waals surface area contributed by atoms with E-state index in [9.17, 15) is 18.3 Å². The molecule has 1 aromatic heterocycles. The summed E-state index contributed by atoms with van der Waals surface area (Å²) < 4.78 is 33.4. The first-order valence-corrected chi connectivity index (χ1v) is 9.57. The number of carboxylic acids is 1. The molecule has 130 valence electrons. The molecule has 0 saturated heterocycles. The van der Waals surface area contributed by atoms with Crippen molar-refractivity contribution < 1.29 is 22.7 Å². The SMILES string of the molecule is CC(C)C(NS(=O)(=O)C1CCc2c(oc3ccccc23)C1)C(=O)O. The second kappa shape index (κ2) is 6.22. The van der Waals surface area contributed by atoms with E-state index in [4.69, 9.17) is 4.42 Å². The van der Waals surface area contributed by atoms with E-state index in [0.717, 1.165) is 16.5 Å². The maximum atomic E-state index is 12.6. The standard InChI is InChI=1S/C17H21NO5S/c1-10(2)16(17(19)20)18-24(21,22)11-7-8-13-12-5-3-4-6-14(12)23-15(13)9-11/h3-6,10-11,16,18H,7-9H2,1-2H3,(H,19,20). The van der Waals surface area contributed by atoms with Crippen molar-refractivity contribution in [2.24, 2.45) is 5.92 Å². The van der Waals surface area contributed by atoms with Gasteiger partial charge in [-0.25, -0.2) is 13.1 Å². The molecule has 0 radical (unpaired) electrons. The van der Waals surface area contributed by atoms with Crippen LogP contribution in [-0.2, 0) is 27.7 Å². The summed E-state index contributed by atoms with van der Waals surface area (Å²) in [6.45, 7) is 3.36. The van der Waals surface area contributed by atoms with Crippen LogP contribution in [0, 0.1) is 5.92 Å². The summed E-state index contributed by atoms with van der Waals surface area (Å²) in [5, 5.41) is 9.57. The van der Waals surface area contributed by atoms with Gasteiger partial charge in [0, 0.05) is 17.4 Å². The summed E-state index contributed by atoms with van der Waals surface area (Å²) in [6.07, 6.45) is 1.33. The molecule has 0 saturated carbocycles. The van der Waals surface area contributed by atoms with Gasteiger partial charge in [0.15, 0.2) is 0 Å². The monoisotopic (exact) mass is 351 g/mol. The second-order valence-electron chi connectivity index (χ2n) is 6.59. The highest BCUT2D eigenvalue weighted by Gasteiger charge is 2.36. The summed E-state index contributed by atoms with van der Waals surface area (Å²) in [6, 6.07) is 6.54. The third-order valence-electron chi connectivity index (χ3n) is 4.57. The van der Waals surface area contributed by atoms with Gasteiger partial charge in [-0.1, -0.05) is 32.0 Å². The van der Waals surface area contributed by atoms with E-state index >= 15 is 0 Å². The molecule has 2 atom stereocenters. The predicted molar refractivity (Wildman–Crippen MR) is 90.3 cm³/mol. The highest BCUT2D eigenvalue weighted by molar-refractivity contribution is 7.90. The van der Waals surface area contributed by atoms with E-state index in [0.29, 0.717) is 18.6 Å². The third-order valence-corrected chi connectivity index (χ3v) is 6.44. The average molecular weight is 351 g/mol. The molecule has 0 fully saturated rings. The molecular weight excluding hydrogens is 330 g/mol. The average Bonchev–Trinajstić information content (AvgIpc) is 2.89. The summed E-state index contributed by atoms with van der Waals surface area (Å²) in [4.78, 5) is 11.3. The molecule has 1 aliphatic carbocycles. The molecule has 24 heavy (non-hydrogen) atoms. The van der Waals surface area contributed by atoms with Gasteiger partial charge in [0.05, 0.1) is 5.25 Å². The fourth-order valence-corrected chi connectivity index (χ4v) is 4.93. The van der Waals surface area contributed by atoms with Crippen LogP contribution in [0.15, 0.2) is 28.7 Å². The van der Waals surface area contributed by atoms with Crippen LogP contribution in [0.25, 0.3) is 11.0 Å². The summed E-state index contributed by atoms with van der Waals surface area (Å²) >= 11 is 0. The molecule has 0 bridgehead atoms. The highest BCUT2D eigenvalue weighted by atomic mass is 32.2. The first kappa shape index (κ1) is 17.0. The zero-order chi connectivity index (χ0) is 17.5. The molecule has 0 spiro atoms. The van der Waals surface area contributed by atoms with E-state index in [1.54, 1.807) is 13.8 Å². The number of nitrogens with one attached hydrogen (secondary N) is 1. The van der Waals surface area contributed by atoms with Crippen LogP contribution in [0.2, 0.25) is 0 Å². The molecule has 6 nitrogen and oxygen atoms in total. The number of aryl methyl sites for hydroxylation is 1. The lowest BCUT2D eigenvalue weighted by molar-refractivity contribution is -0.140. The van der Waals surface area contributed by atoms with Crippen LogP contribution in [0.5, 0.6) is 0 Å². The molecular formula is C17H21NO5S. The molecule has 1 aromatic carbocycles. The molecule has 2 N–H and O–H groups in total. The van der Waals surface area contributed by atoms with Crippen LogP contribution in [0.3, 0.4) is 0 Å². The number of rotatable bonds is 5. The first-order valence-electron chi connectivity index (χ1n) is 8.03. The number of fused-ring (bicyclic) bond motifs is 3. The number of sulfonamides is 1. The van der Waals surface area contributed by atoms with Crippen LogP contribution < -0.4 is 4.72 Å². The number of hydrogen-bond acceptors (Lipinski definition) is 4. The molecule has 0 amide bonds. The Morgan fingerprint density at radius 2 is 2.04 bits per heavy atom. The van der Waals surface area contributed by atoms with E-state index < -0.39 is 27.3 Å². The third kappa shape index (κ3) is 3.06. The Labute approximate surface area is 140 Å². The zero-order valence-corrected chi connectivity index (χ0v) is 14.5. The fraction of sp³-hybridized carbons (Fsp3) is 0.471. The Hall–Kier alpha value is -1.86. The number of para-hydroxylation sites is 1. The van der Waals surface area contributed by atoms with Crippen molar-refractivity contribution in [2.45, 2.75) is 44.4 Å². The smallest absolute Gasteiger partial charge is 0.321 e. The van der Waals surface area contributed by atoms with Crippen molar-refractivity contribution >= 4 is 27.0 Å². The van der Waals surface area contributed by atoms with Crippen molar-refractivity contribution in [3.05, 3.63) is 35.6 Å². The van der Waals surface area contributed by atoms with E-state index in [2.05, 4.69) is 4.72 Å². The first-order chi connectivity index (χ1) is 11.3. The minimum Gasteiger partial charge on any atom is -0.480 e. The number of benzene rings is 1. The maximum Gasteiger partial charge on any atom is 0.321 e. The Morgan fingerprint density at radius 3 is 2.71 bits per heavy atom. The number of furan rings is 1. The number of aliphatic carboxylic acids is 1. The van der Waals surface area contributed by atoms with Crippen LogP contribution in [0.1, 0.15) is 31.6 Å². The summed E-state index contributed by atoms with van der Waals surface area (Å²) in [5.41, 5.74) is 1.83. The van der Waals surface area contributed by atoms with Crippen LogP contribution >= 0.6 is 0 Å². The molecule has 0 aliphatic heterocycles. The summed E-state index contributed by atoms with van der Waals surface area (Å²) in [5.74, 6) is -0.800. The molecule has 1 aliphatic rings. The Kier molecular flexibility index (Phi) is 4.40. The highest BCUT2D eigenvalue weighted by Crippen LogP contribution is 2.33. The topological polar surface area (TPSA) is 96.6 Å². The van der Waals surface area contributed by atoms with Crippen molar-refractivity contribution in [3.8, 4) is 0 Å². The van der Waals surface area contributed by atoms with E-state index in [-0.39, 0.29) is 12.3 Å². The Bertz CT molecular complexity index is 868. The van der Waals surface area contributed by atoms with Gasteiger partial charge in [-0.2, -0.15) is 0 Å². The van der Waals surface area contributed by atoms with Gasteiger partial charge in [0.1, 0.15) is 17.4 Å². The molecule has 1 heterocycles. The van der Waals surface area contributed by atoms with Crippen molar-refractivity contribution in [1.29, 1.82) is 0 Å². The van der Waals surface area contributed by atoms with Gasteiger partial charge in [0.25, 0.3) is 0 Å². The fourth-order valence-electron chi connectivity index (χ4n) is 3.21. The normalized spacial score (nSPS) is 19.4. The van der Waals surface area contributed by atoms with Gasteiger partial charge in [0.2, 0.25) is 10.0 Å². The predicted octanol–water partition coefficient (Wildman–Crippen LogP) is 2.32. The van der Waals surface area contributed by atoms with Crippen LogP contribution in [0.4, 0.5) is 0 Å². The van der Waals surface area contributed by atoms with Crippen LogP contribution in [-0.4, -0.2) is 30.8 Å². The molecule has 7 heteroatoms. The molecule has 2 unspecified atom stereocenters. The van der Waals surface area contributed by atoms with Gasteiger partial charge in [-0.15, -0.1) is 0 Å². The molecule has 3 rings (SSSR count). The minimum absolute atomic E-state index is 0.268. The van der Waals surface area contributed by atoms with Gasteiger partial charge >= 0.3 is 5.97 Å². The number of carboxylic acid groups (broad SMARTS) is 1. The lowest BCUT2D eigenvalue weighted by Gasteiger charge is -2.25. The van der Waals surface area contributed by atoms with E-state index in [1.807, 2.05) is 24.3 Å². The van der Waals surface area contributed by atoms with E-state index in [1.165, 1.54) is 0 Å². The van der Waals surface area contributed by atoms with Crippen molar-refractivity contribution in [3.63, 3.8) is 0 Å². The zero-order valence-electron chi connectivity index (χ0n) is 13.7. The quantitative estimate of drug-likeness (QED) is 0.862. The maximum absolute atomic E-state index is 12.6. The van der Waals surface area contributed by atoms with Crippen molar-refractivity contribution in [1.82, 2.24) is 4.72 Å². The van der Waals surface area contributed by atoms with Gasteiger partial charge in [-0.05, 0) is 24.8 Å².